The molecule has 0 amide bonds. The Kier molecular flexibility index (Phi) is 5.71. The molecule has 1 aromatic carbocycles. The van der Waals surface area contributed by atoms with Crippen LogP contribution in [0.25, 0.3) is 0 Å². The first-order valence-corrected chi connectivity index (χ1v) is 6.74. The van der Waals surface area contributed by atoms with Gasteiger partial charge in [-0.3, -0.25) is 0 Å². The van der Waals surface area contributed by atoms with Crippen molar-refractivity contribution in [1.82, 2.24) is 0 Å². The highest BCUT2D eigenvalue weighted by Gasteiger charge is 2.12. The number of thioether (sulfide) groups is 1. The van der Waals surface area contributed by atoms with Gasteiger partial charge in [0.1, 0.15) is 5.75 Å². The van der Waals surface area contributed by atoms with Crippen molar-refractivity contribution in [2.45, 2.75) is 37.6 Å². The van der Waals surface area contributed by atoms with E-state index >= 15 is 0 Å². The maximum absolute atomic E-state index is 6.00. The molecule has 90 valence electrons. The van der Waals surface area contributed by atoms with E-state index in [4.69, 9.17) is 10.5 Å². The van der Waals surface area contributed by atoms with Crippen LogP contribution in [-0.2, 0) is 0 Å². The molecule has 0 bridgehead atoms. The van der Waals surface area contributed by atoms with Gasteiger partial charge in [0.2, 0.25) is 0 Å². The lowest BCUT2D eigenvalue weighted by Crippen LogP contribution is -2.08. The van der Waals surface area contributed by atoms with Crippen LogP contribution in [0.4, 0.5) is 0 Å². The molecule has 0 saturated heterocycles. The molecular weight excluding hydrogens is 218 g/mol. The molecule has 2 nitrogen and oxygen atoms in total. The average Bonchev–Trinajstić information content (AvgIpc) is 2.28. The van der Waals surface area contributed by atoms with Gasteiger partial charge < -0.3 is 10.5 Å². The lowest BCUT2D eigenvalue weighted by atomic mass is 10.1. The number of unbranched alkanes of at least 4 members (excludes halogenated alkanes) is 1. The smallest absolute Gasteiger partial charge is 0.124 e. The lowest BCUT2D eigenvalue weighted by molar-refractivity contribution is 0.405. The number of nitrogens with two attached hydrogens (primary N) is 1. The molecule has 0 aliphatic heterocycles. The van der Waals surface area contributed by atoms with Crippen LogP contribution >= 0.6 is 11.8 Å². The molecule has 0 aliphatic rings. The molecule has 0 fully saturated rings. The summed E-state index contributed by atoms with van der Waals surface area (Å²) in [6, 6.07) is 6.14. The molecule has 3 heteroatoms. The predicted octanol–water partition coefficient (Wildman–Crippen LogP) is 3.61. The van der Waals surface area contributed by atoms with E-state index in [1.807, 2.05) is 30.8 Å². The van der Waals surface area contributed by atoms with Crippen LogP contribution in [0.15, 0.2) is 23.1 Å². The van der Waals surface area contributed by atoms with Gasteiger partial charge in [0.05, 0.1) is 7.11 Å². The lowest BCUT2D eigenvalue weighted by Gasteiger charge is -2.16. The fraction of sp³-hybridized carbons (Fsp3) is 0.538. The van der Waals surface area contributed by atoms with Crippen LogP contribution in [0.3, 0.4) is 0 Å². The monoisotopic (exact) mass is 239 g/mol. The van der Waals surface area contributed by atoms with Crippen LogP contribution in [0, 0.1) is 0 Å². The second-order valence-corrected chi connectivity index (χ2v) is 5.00. The molecule has 16 heavy (non-hydrogen) atoms. The summed E-state index contributed by atoms with van der Waals surface area (Å²) in [6.45, 7) is 4.21. The van der Waals surface area contributed by atoms with Gasteiger partial charge in [0.15, 0.2) is 0 Å². The number of hydrogen-bond acceptors (Lipinski definition) is 3. The SMILES string of the molecule is CCCCSc1cccc(OC)c1[C@H](C)N. The molecule has 0 heterocycles. The zero-order valence-electron chi connectivity index (χ0n) is 10.3. The van der Waals surface area contributed by atoms with Gasteiger partial charge >= 0.3 is 0 Å². The van der Waals surface area contributed by atoms with Crippen LogP contribution in [0.1, 0.15) is 38.3 Å². The first kappa shape index (κ1) is 13.4. The summed E-state index contributed by atoms with van der Waals surface area (Å²) in [5.74, 6) is 2.04. The van der Waals surface area contributed by atoms with Crippen molar-refractivity contribution in [2.24, 2.45) is 5.73 Å². The Morgan fingerprint density at radius 3 is 2.75 bits per heavy atom. The van der Waals surface area contributed by atoms with E-state index in [9.17, 15) is 0 Å². The minimum Gasteiger partial charge on any atom is -0.496 e. The van der Waals surface area contributed by atoms with Crippen molar-refractivity contribution in [3.05, 3.63) is 23.8 Å². The number of benzene rings is 1. The second-order valence-electron chi connectivity index (χ2n) is 3.86. The van der Waals surface area contributed by atoms with E-state index in [2.05, 4.69) is 13.0 Å². The topological polar surface area (TPSA) is 35.2 Å². The maximum atomic E-state index is 6.00. The fourth-order valence-corrected chi connectivity index (χ4v) is 2.87. The predicted molar refractivity (Wildman–Crippen MR) is 71.2 cm³/mol. The standard InChI is InChI=1S/C13H21NOS/c1-4-5-9-16-12-8-6-7-11(15-3)13(12)10(2)14/h6-8,10H,4-5,9,14H2,1-3H3/t10-/m0/s1. The number of ether oxygens (including phenoxy) is 1. The second kappa shape index (κ2) is 6.81. The Bertz CT molecular complexity index is 326. The molecule has 1 atom stereocenters. The Balaban J connectivity index is 2.89. The maximum Gasteiger partial charge on any atom is 0.124 e. The molecular formula is C13H21NOS. The van der Waals surface area contributed by atoms with Gasteiger partial charge in [-0.1, -0.05) is 19.4 Å². The summed E-state index contributed by atoms with van der Waals surface area (Å²) in [5.41, 5.74) is 7.13. The normalized spacial score (nSPS) is 12.5. The number of methoxy groups -OCH3 is 1. The van der Waals surface area contributed by atoms with Crippen molar-refractivity contribution in [3.63, 3.8) is 0 Å². The molecule has 0 aliphatic carbocycles. The van der Waals surface area contributed by atoms with Gasteiger partial charge in [-0.25, -0.2) is 0 Å². The first-order chi connectivity index (χ1) is 7.70. The molecule has 0 radical (unpaired) electrons. The minimum atomic E-state index is 0.0141. The summed E-state index contributed by atoms with van der Waals surface area (Å²) in [5, 5.41) is 0. The van der Waals surface area contributed by atoms with Gasteiger partial charge in [0.25, 0.3) is 0 Å². The van der Waals surface area contributed by atoms with Crippen LogP contribution in [-0.4, -0.2) is 12.9 Å². The van der Waals surface area contributed by atoms with Gasteiger partial charge in [-0.2, -0.15) is 0 Å². The fourth-order valence-electron chi connectivity index (χ4n) is 1.60. The Hall–Kier alpha value is -0.670. The zero-order valence-corrected chi connectivity index (χ0v) is 11.1. The molecule has 0 aromatic heterocycles. The van der Waals surface area contributed by atoms with Gasteiger partial charge in [0, 0.05) is 16.5 Å². The zero-order chi connectivity index (χ0) is 12.0. The van der Waals surface area contributed by atoms with E-state index in [0.717, 1.165) is 17.1 Å². The van der Waals surface area contributed by atoms with Crippen LogP contribution in [0.2, 0.25) is 0 Å². The van der Waals surface area contributed by atoms with Crippen molar-refractivity contribution < 1.29 is 4.74 Å². The van der Waals surface area contributed by atoms with E-state index in [-0.39, 0.29) is 6.04 Å². The van der Waals surface area contributed by atoms with Crippen LogP contribution < -0.4 is 10.5 Å². The average molecular weight is 239 g/mol. The number of rotatable bonds is 6. The third kappa shape index (κ3) is 3.42. The van der Waals surface area contributed by atoms with E-state index < -0.39 is 0 Å². The Labute approximate surface area is 103 Å². The Morgan fingerprint density at radius 1 is 1.44 bits per heavy atom. The van der Waals surface area contributed by atoms with Crippen molar-refractivity contribution in [1.29, 1.82) is 0 Å². The third-order valence-corrected chi connectivity index (χ3v) is 3.62. The van der Waals surface area contributed by atoms with Crippen molar-refractivity contribution >= 4 is 11.8 Å². The highest BCUT2D eigenvalue weighted by Crippen LogP contribution is 2.34. The summed E-state index contributed by atoms with van der Waals surface area (Å²) in [4.78, 5) is 1.25. The first-order valence-electron chi connectivity index (χ1n) is 5.76. The van der Waals surface area contributed by atoms with Crippen LogP contribution in [0.5, 0.6) is 5.75 Å². The summed E-state index contributed by atoms with van der Waals surface area (Å²) in [7, 11) is 1.70. The quantitative estimate of drug-likeness (QED) is 0.608. The molecule has 2 N–H and O–H groups in total. The summed E-state index contributed by atoms with van der Waals surface area (Å²) < 4.78 is 5.36. The largest absolute Gasteiger partial charge is 0.496 e. The minimum absolute atomic E-state index is 0.0141. The highest BCUT2D eigenvalue weighted by molar-refractivity contribution is 7.99. The summed E-state index contributed by atoms with van der Waals surface area (Å²) >= 11 is 1.87. The molecule has 1 aromatic rings. The molecule has 0 unspecified atom stereocenters. The highest BCUT2D eigenvalue weighted by atomic mass is 32.2. The summed E-state index contributed by atoms with van der Waals surface area (Å²) in [6.07, 6.45) is 2.46. The van der Waals surface area contributed by atoms with Gasteiger partial charge in [-0.05, 0) is 31.2 Å². The molecule has 0 spiro atoms. The van der Waals surface area contributed by atoms with E-state index in [0.29, 0.717) is 0 Å². The van der Waals surface area contributed by atoms with E-state index in [1.165, 1.54) is 17.7 Å². The van der Waals surface area contributed by atoms with Crippen molar-refractivity contribution in [2.75, 3.05) is 12.9 Å². The third-order valence-electron chi connectivity index (χ3n) is 2.46. The van der Waals surface area contributed by atoms with Crippen molar-refractivity contribution in [3.8, 4) is 5.75 Å². The van der Waals surface area contributed by atoms with Gasteiger partial charge in [-0.15, -0.1) is 11.8 Å². The molecule has 1 rings (SSSR count). The number of hydrogen-bond donors (Lipinski definition) is 1. The molecule has 0 saturated carbocycles. The Morgan fingerprint density at radius 2 is 2.19 bits per heavy atom. The van der Waals surface area contributed by atoms with E-state index in [1.54, 1.807) is 7.11 Å².